The highest BCUT2D eigenvalue weighted by Gasteiger charge is 2.21. The maximum atomic E-state index is 11.6. The van der Waals surface area contributed by atoms with Gasteiger partial charge in [0.1, 0.15) is 0 Å². The number of benzene rings is 1. The first-order valence-corrected chi connectivity index (χ1v) is 6.15. The van der Waals surface area contributed by atoms with Gasteiger partial charge in [-0.25, -0.2) is 0 Å². The number of anilines is 1. The molecule has 0 radical (unpaired) electrons. The maximum absolute atomic E-state index is 11.6. The Labute approximate surface area is 107 Å². The van der Waals surface area contributed by atoms with Crippen LogP contribution in [0.1, 0.15) is 24.5 Å². The standard InChI is InChI=1S/C14H17NO3/c1-3-18-14(17)9-10-4-6-12-11(8-10)5-7-13(16)15(12)2/h4,6,8H,3,5,7,9H2,1-2H3. The second kappa shape index (κ2) is 5.21. The van der Waals surface area contributed by atoms with Gasteiger partial charge in [-0.1, -0.05) is 12.1 Å². The molecule has 0 unspecified atom stereocenters. The third-order valence-electron chi connectivity index (χ3n) is 3.14. The summed E-state index contributed by atoms with van der Waals surface area (Å²) in [6, 6.07) is 5.78. The van der Waals surface area contributed by atoms with Gasteiger partial charge in [0, 0.05) is 19.2 Å². The number of hydrogen-bond acceptors (Lipinski definition) is 3. The number of nitrogens with zero attached hydrogens (tertiary/aromatic N) is 1. The lowest BCUT2D eigenvalue weighted by Gasteiger charge is -2.26. The number of fused-ring (bicyclic) bond motifs is 1. The van der Waals surface area contributed by atoms with Gasteiger partial charge >= 0.3 is 5.97 Å². The summed E-state index contributed by atoms with van der Waals surface area (Å²) < 4.78 is 4.92. The molecular formula is C14H17NO3. The molecule has 1 aliphatic rings. The topological polar surface area (TPSA) is 46.6 Å². The molecular weight excluding hydrogens is 230 g/mol. The number of ether oxygens (including phenoxy) is 1. The molecule has 0 bridgehead atoms. The van der Waals surface area contributed by atoms with Gasteiger partial charge in [-0.3, -0.25) is 9.59 Å². The Hall–Kier alpha value is -1.84. The zero-order valence-electron chi connectivity index (χ0n) is 10.7. The molecule has 0 saturated heterocycles. The van der Waals surface area contributed by atoms with Crippen molar-refractivity contribution in [2.45, 2.75) is 26.2 Å². The Balaban J connectivity index is 2.18. The number of carbonyl (C=O) groups is 2. The highest BCUT2D eigenvalue weighted by molar-refractivity contribution is 5.95. The minimum Gasteiger partial charge on any atom is -0.466 e. The van der Waals surface area contributed by atoms with Gasteiger partial charge in [0.25, 0.3) is 0 Å². The number of amides is 1. The first-order chi connectivity index (χ1) is 8.61. The largest absolute Gasteiger partial charge is 0.466 e. The minimum atomic E-state index is -0.210. The zero-order valence-corrected chi connectivity index (χ0v) is 10.7. The van der Waals surface area contributed by atoms with Crippen molar-refractivity contribution in [2.75, 3.05) is 18.6 Å². The van der Waals surface area contributed by atoms with Crippen molar-refractivity contribution >= 4 is 17.6 Å². The summed E-state index contributed by atoms with van der Waals surface area (Å²) in [6.07, 6.45) is 1.57. The molecule has 1 heterocycles. The summed E-state index contributed by atoms with van der Waals surface area (Å²) >= 11 is 0. The van der Waals surface area contributed by atoms with E-state index in [-0.39, 0.29) is 11.9 Å². The fraction of sp³-hybridized carbons (Fsp3) is 0.429. The van der Waals surface area contributed by atoms with Crippen molar-refractivity contribution in [1.29, 1.82) is 0 Å². The van der Waals surface area contributed by atoms with Crippen molar-refractivity contribution in [2.24, 2.45) is 0 Å². The highest BCUT2D eigenvalue weighted by Crippen LogP contribution is 2.27. The van der Waals surface area contributed by atoms with Gasteiger partial charge in [-0.2, -0.15) is 0 Å². The molecule has 0 atom stereocenters. The molecule has 0 spiro atoms. The molecule has 1 aliphatic heterocycles. The van der Waals surface area contributed by atoms with E-state index >= 15 is 0 Å². The molecule has 0 N–H and O–H groups in total. The molecule has 0 saturated carbocycles. The van der Waals surface area contributed by atoms with E-state index in [9.17, 15) is 9.59 Å². The molecule has 0 aliphatic carbocycles. The molecule has 1 aromatic carbocycles. The normalized spacial score (nSPS) is 14.3. The third kappa shape index (κ3) is 2.53. The van der Waals surface area contributed by atoms with E-state index in [1.807, 2.05) is 18.2 Å². The summed E-state index contributed by atoms with van der Waals surface area (Å²) in [5.74, 6) is -0.0710. The molecule has 4 heteroatoms. The Morgan fingerprint density at radius 1 is 1.39 bits per heavy atom. The predicted octanol–water partition coefficient (Wildman–Crippen LogP) is 1.70. The summed E-state index contributed by atoms with van der Waals surface area (Å²) in [4.78, 5) is 24.6. The van der Waals surface area contributed by atoms with Crippen LogP contribution < -0.4 is 4.90 Å². The summed E-state index contributed by atoms with van der Waals surface area (Å²) in [5, 5.41) is 0. The van der Waals surface area contributed by atoms with Gasteiger partial charge in [-0.15, -0.1) is 0 Å². The Morgan fingerprint density at radius 3 is 2.89 bits per heavy atom. The first-order valence-electron chi connectivity index (χ1n) is 6.15. The zero-order chi connectivity index (χ0) is 13.1. The number of esters is 1. The average Bonchev–Trinajstić information content (AvgIpc) is 2.34. The fourth-order valence-corrected chi connectivity index (χ4v) is 2.20. The second-order valence-corrected chi connectivity index (χ2v) is 4.40. The van der Waals surface area contributed by atoms with Crippen LogP contribution in [0.2, 0.25) is 0 Å². The number of aryl methyl sites for hydroxylation is 1. The smallest absolute Gasteiger partial charge is 0.310 e. The molecule has 1 aromatic rings. The van der Waals surface area contributed by atoms with Crippen LogP contribution >= 0.6 is 0 Å². The summed E-state index contributed by atoms with van der Waals surface area (Å²) in [6.45, 7) is 2.20. The monoisotopic (exact) mass is 247 g/mol. The van der Waals surface area contributed by atoms with Crippen LogP contribution in [0.15, 0.2) is 18.2 Å². The van der Waals surface area contributed by atoms with Gasteiger partial charge in [0.15, 0.2) is 0 Å². The van der Waals surface area contributed by atoms with E-state index in [1.54, 1.807) is 18.9 Å². The molecule has 18 heavy (non-hydrogen) atoms. The van der Waals surface area contributed by atoms with Crippen LogP contribution in [0, 0.1) is 0 Å². The Bertz CT molecular complexity index is 482. The predicted molar refractivity (Wildman–Crippen MR) is 68.5 cm³/mol. The molecule has 0 aromatic heterocycles. The van der Waals surface area contributed by atoms with Gasteiger partial charge < -0.3 is 9.64 Å². The van der Waals surface area contributed by atoms with Crippen LogP contribution in [0.4, 0.5) is 5.69 Å². The van der Waals surface area contributed by atoms with Gasteiger partial charge in [0.05, 0.1) is 13.0 Å². The van der Waals surface area contributed by atoms with E-state index in [1.165, 1.54) is 0 Å². The van der Waals surface area contributed by atoms with Crippen molar-refractivity contribution in [1.82, 2.24) is 0 Å². The Kier molecular flexibility index (Phi) is 3.65. The van der Waals surface area contributed by atoms with Crippen molar-refractivity contribution < 1.29 is 14.3 Å². The van der Waals surface area contributed by atoms with Crippen LogP contribution in [0.25, 0.3) is 0 Å². The van der Waals surface area contributed by atoms with E-state index in [0.717, 1.165) is 23.2 Å². The molecule has 1 amide bonds. The SMILES string of the molecule is CCOC(=O)Cc1ccc2c(c1)CCC(=O)N2C. The molecule has 4 nitrogen and oxygen atoms in total. The third-order valence-corrected chi connectivity index (χ3v) is 3.14. The lowest BCUT2D eigenvalue weighted by molar-refractivity contribution is -0.142. The second-order valence-electron chi connectivity index (χ2n) is 4.40. The summed E-state index contributed by atoms with van der Waals surface area (Å²) in [7, 11) is 1.78. The van der Waals surface area contributed by atoms with Crippen molar-refractivity contribution in [3.8, 4) is 0 Å². The van der Waals surface area contributed by atoms with Crippen LogP contribution in [0.3, 0.4) is 0 Å². The minimum absolute atomic E-state index is 0.139. The van der Waals surface area contributed by atoms with Gasteiger partial charge in [-0.05, 0) is 30.5 Å². The lowest BCUT2D eigenvalue weighted by Crippen LogP contribution is -2.31. The van der Waals surface area contributed by atoms with E-state index in [4.69, 9.17) is 4.74 Å². The lowest BCUT2D eigenvalue weighted by atomic mass is 9.98. The fourth-order valence-electron chi connectivity index (χ4n) is 2.20. The number of carbonyl (C=O) groups excluding carboxylic acids is 2. The Morgan fingerprint density at radius 2 is 2.17 bits per heavy atom. The number of rotatable bonds is 3. The van der Waals surface area contributed by atoms with Crippen LogP contribution in [0.5, 0.6) is 0 Å². The highest BCUT2D eigenvalue weighted by atomic mass is 16.5. The van der Waals surface area contributed by atoms with E-state index in [2.05, 4.69) is 0 Å². The quantitative estimate of drug-likeness (QED) is 0.764. The van der Waals surface area contributed by atoms with E-state index < -0.39 is 0 Å². The molecule has 0 fully saturated rings. The molecule has 96 valence electrons. The maximum Gasteiger partial charge on any atom is 0.310 e. The first kappa shape index (κ1) is 12.6. The van der Waals surface area contributed by atoms with Crippen LogP contribution in [-0.2, 0) is 27.2 Å². The van der Waals surface area contributed by atoms with Crippen LogP contribution in [-0.4, -0.2) is 25.5 Å². The van der Waals surface area contributed by atoms with Gasteiger partial charge in [0.2, 0.25) is 5.91 Å². The number of hydrogen-bond donors (Lipinski definition) is 0. The van der Waals surface area contributed by atoms with E-state index in [0.29, 0.717) is 19.4 Å². The van der Waals surface area contributed by atoms with Crippen molar-refractivity contribution in [3.63, 3.8) is 0 Å². The average molecular weight is 247 g/mol. The molecule has 2 rings (SSSR count). The summed E-state index contributed by atoms with van der Waals surface area (Å²) in [5.41, 5.74) is 3.01. The van der Waals surface area contributed by atoms with Crippen molar-refractivity contribution in [3.05, 3.63) is 29.3 Å².